The molecule has 1 heterocycles. The van der Waals surface area contributed by atoms with Gasteiger partial charge in [0.25, 0.3) is 0 Å². The Kier molecular flexibility index (Phi) is 3.96. The molecule has 1 aromatic carbocycles. The van der Waals surface area contributed by atoms with Gasteiger partial charge in [0.15, 0.2) is 0 Å². The molecule has 0 aliphatic heterocycles. The first-order valence-corrected chi connectivity index (χ1v) is 6.59. The van der Waals surface area contributed by atoms with Crippen LogP contribution in [0.3, 0.4) is 0 Å². The van der Waals surface area contributed by atoms with E-state index in [0.29, 0.717) is 6.54 Å². The molecule has 0 radical (unpaired) electrons. The lowest BCUT2D eigenvalue weighted by atomic mass is 10.1. The fourth-order valence-corrected chi connectivity index (χ4v) is 2.95. The summed E-state index contributed by atoms with van der Waals surface area (Å²) in [5.74, 6) is 0.273. The van der Waals surface area contributed by atoms with E-state index >= 15 is 0 Å². The Labute approximate surface area is 111 Å². The molecule has 4 nitrogen and oxygen atoms in total. The van der Waals surface area contributed by atoms with Crippen molar-refractivity contribution in [1.29, 1.82) is 0 Å². The first-order valence-electron chi connectivity index (χ1n) is 5.71. The van der Waals surface area contributed by atoms with E-state index in [0.717, 1.165) is 16.3 Å². The molecule has 0 spiro atoms. The number of hydrogen-bond acceptors (Lipinski definition) is 5. The number of aromatic nitrogens is 1. The van der Waals surface area contributed by atoms with Crippen LogP contribution in [0.1, 0.15) is 22.3 Å². The molecule has 5 heteroatoms. The molecule has 0 aliphatic carbocycles. The molecular formula is C13H17N3OS. The fraction of sp³-hybridized carbons (Fsp3) is 0.308. The van der Waals surface area contributed by atoms with Gasteiger partial charge in [-0.3, -0.25) is 4.90 Å². The Bertz CT molecular complexity index is 524. The molecule has 0 fully saturated rings. The van der Waals surface area contributed by atoms with E-state index in [1.54, 1.807) is 23.5 Å². The average Bonchev–Trinajstić information content (AvgIpc) is 2.77. The van der Waals surface area contributed by atoms with Crippen molar-refractivity contribution in [3.8, 4) is 5.75 Å². The second kappa shape index (κ2) is 5.48. The van der Waals surface area contributed by atoms with Crippen LogP contribution in [0.2, 0.25) is 0 Å². The Balaban J connectivity index is 2.39. The second-order valence-electron chi connectivity index (χ2n) is 4.34. The third-order valence-corrected chi connectivity index (χ3v) is 3.66. The van der Waals surface area contributed by atoms with Crippen molar-refractivity contribution in [2.75, 3.05) is 14.1 Å². The zero-order valence-electron chi connectivity index (χ0n) is 10.5. The molecule has 96 valence electrons. The van der Waals surface area contributed by atoms with E-state index in [2.05, 4.69) is 9.88 Å². The molecule has 0 saturated carbocycles. The summed E-state index contributed by atoms with van der Waals surface area (Å²) >= 11 is 1.60. The van der Waals surface area contributed by atoms with Crippen LogP contribution in [-0.2, 0) is 6.54 Å². The van der Waals surface area contributed by atoms with E-state index in [1.807, 2.05) is 31.6 Å². The quantitative estimate of drug-likeness (QED) is 0.885. The highest BCUT2D eigenvalue weighted by molar-refractivity contribution is 7.09. The first kappa shape index (κ1) is 13.0. The van der Waals surface area contributed by atoms with E-state index in [4.69, 9.17) is 5.73 Å². The second-order valence-corrected chi connectivity index (χ2v) is 5.23. The van der Waals surface area contributed by atoms with Crippen LogP contribution >= 0.6 is 11.3 Å². The molecule has 0 bridgehead atoms. The van der Waals surface area contributed by atoms with Crippen LogP contribution in [0.15, 0.2) is 29.6 Å². The number of nitrogens with zero attached hydrogens (tertiary/aromatic N) is 2. The van der Waals surface area contributed by atoms with Gasteiger partial charge in [-0.25, -0.2) is 4.98 Å². The van der Waals surface area contributed by atoms with Gasteiger partial charge in [-0.15, -0.1) is 11.3 Å². The predicted octanol–water partition coefficient (Wildman–Crippen LogP) is 1.96. The van der Waals surface area contributed by atoms with Gasteiger partial charge in [-0.1, -0.05) is 12.1 Å². The lowest BCUT2D eigenvalue weighted by molar-refractivity contribution is 0.340. The van der Waals surface area contributed by atoms with Gasteiger partial charge in [0, 0.05) is 11.9 Å². The van der Waals surface area contributed by atoms with Crippen molar-refractivity contribution in [1.82, 2.24) is 9.88 Å². The Morgan fingerprint density at radius 3 is 2.78 bits per heavy atom. The zero-order valence-corrected chi connectivity index (χ0v) is 11.3. The van der Waals surface area contributed by atoms with Crippen molar-refractivity contribution >= 4 is 11.3 Å². The number of phenols is 1. The fourth-order valence-electron chi connectivity index (χ4n) is 1.90. The summed E-state index contributed by atoms with van der Waals surface area (Å²) in [7, 11) is 4.00. The number of rotatable bonds is 4. The normalized spacial score (nSPS) is 12.9. The molecule has 2 aromatic rings. The third-order valence-electron chi connectivity index (χ3n) is 2.71. The molecule has 0 amide bonds. The minimum Gasteiger partial charge on any atom is -0.508 e. The van der Waals surface area contributed by atoms with Crippen molar-refractivity contribution in [2.24, 2.45) is 5.73 Å². The maximum Gasteiger partial charge on any atom is 0.115 e. The number of hydrogen-bond donors (Lipinski definition) is 2. The highest BCUT2D eigenvalue weighted by Crippen LogP contribution is 2.30. The van der Waals surface area contributed by atoms with E-state index < -0.39 is 0 Å². The SMILES string of the molecule is CN(C)C(c1cccc(O)c1)c1nc(CN)cs1. The van der Waals surface area contributed by atoms with Crippen molar-refractivity contribution in [2.45, 2.75) is 12.6 Å². The summed E-state index contributed by atoms with van der Waals surface area (Å²) < 4.78 is 0. The zero-order chi connectivity index (χ0) is 13.1. The maximum atomic E-state index is 9.59. The Hall–Kier alpha value is -1.43. The topological polar surface area (TPSA) is 62.4 Å². The van der Waals surface area contributed by atoms with Crippen LogP contribution in [0.4, 0.5) is 0 Å². The number of aromatic hydroxyl groups is 1. The maximum absolute atomic E-state index is 9.59. The number of nitrogens with two attached hydrogens (primary N) is 1. The average molecular weight is 263 g/mol. The smallest absolute Gasteiger partial charge is 0.115 e. The van der Waals surface area contributed by atoms with Crippen LogP contribution in [0.5, 0.6) is 5.75 Å². The largest absolute Gasteiger partial charge is 0.508 e. The van der Waals surface area contributed by atoms with Crippen molar-refractivity contribution in [3.05, 3.63) is 45.9 Å². The first-order chi connectivity index (χ1) is 8.61. The monoisotopic (exact) mass is 263 g/mol. The van der Waals surface area contributed by atoms with Crippen molar-refractivity contribution < 1.29 is 5.11 Å². The molecule has 0 aliphatic rings. The van der Waals surface area contributed by atoms with Gasteiger partial charge in [-0.05, 0) is 31.8 Å². The Morgan fingerprint density at radius 2 is 2.22 bits per heavy atom. The van der Waals surface area contributed by atoms with Crippen molar-refractivity contribution in [3.63, 3.8) is 0 Å². The summed E-state index contributed by atoms with van der Waals surface area (Å²) in [4.78, 5) is 6.60. The predicted molar refractivity (Wildman–Crippen MR) is 73.6 cm³/mol. The van der Waals surface area contributed by atoms with Gasteiger partial charge in [0.2, 0.25) is 0 Å². The van der Waals surface area contributed by atoms with Crippen LogP contribution < -0.4 is 5.73 Å². The standard InChI is InChI=1S/C13H17N3OS/c1-16(2)12(9-4-3-5-11(17)6-9)13-15-10(7-14)8-18-13/h3-6,8,12,17H,7,14H2,1-2H3. The highest BCUT2D eigenvalue weighted by Gasteiger charge is 2.20. The molecule has 18 heavy (non-hydrogen) atoms. The van der Waals surface area contributed by atoms with Crippen LogP contribution in [0.25, 0.3) is 0 Å². The number of phenolic OH excluding ortho intramolecular Hbond substituents is 1. The van der Waals surface area contributed by atoms with E-state index in [9.17, 15) is 5.11 Å². The molecule has 0 saturated heterocycles. The molecule has 1 aromatic heterocycles. The Morgan fingerprint density at radius 1 is 1.44 bits per heavy atom. The summed E-state index contributed by atoms with van der Waals surface area (Å²) in [6.45, 7) is 0.455. The minimum atomic E-state index is 0.0439. The summed E-state index contributed by atoms with van der Waals surface area (Å²) in [5.41, 5.74) is 7.52. The third kappa shape index (κ3) is 2.69. The molecule has 3 N–H and O–H groups in total. The van der Waals surface area contributed by atoms with Gasteiger partial charge in [0.05, 0.1) is 11.7 Å². The molecular weight excluding hydrogens is 246 g/mol. The van der Waals surface area contributed by atoms with Crippen LogP contribution in [0, 0.1) is 0 Å². The van der Waals surface area contributed by atoms with Crippen LogP contribution in [-0.4, -0.2) is 29.1 Å². The lowest BCUT2D eigenvalue weighted by Gasteiger charge is -2.22. The van der Waals surface area contributed by atoms with Gasteiger partial charge < -0.3 is 10.8 Å². The number of thiazole rings is 1. The summed E-state index contributed by atoms with van der Waals surface area (Å²) in [6.07, 6.45) is 0. The van der Waals surface area contributed by atoms with Gasteiger partial charge in [0.1, 0.15) is 10.8 Å². The number of benzene rings is 1. The van der Waals surface area contributed by atoms with Gasteiger partial charge >= 0.3 is 0 Å². The van der Waals surface area contributed by atoms with E-state index in [-0.39, 0.29) is 11.8 Å². The molecule has 1 atom stereocenters. The molecule has 1 unspecified atom stereocenters. The van der Waals surface area contributed by atoms with E-state index in [1.165, 1.54) is 0 Å². The summed E-state index contributed by atoms with van der Waals surface area (Å²) in [6, 6.07) is 7.33. The minimum absolute atomic E-state index is 0.0439. The summed E-state index contributed by atoms with van der Waals surface area (Å²) in [5, 5.41) is 12.6. The molecule has 2 rings (SSSR count). The highest BCUT2D eigenvalue weighted by atomic mass is 32.1. The lowest BCUT2D eigenvalue weighted by Crippen LogP contribution is -2.21. The van der Waals surface area contributed by atoms with Gasteiger partial charge in [-0.2, -0.15) is 0 Å².